The molecule has 1 fully saturated rings. The standard InChI is InChI=1S/C31H31F2N9O4.BrH/c1-21(40-13-14-41(30(40)44)25-8-10-26(11-9-25)42-18-34-36-37-42)31(45,27-12-7-24(32)15-28(27)33)17-39-20-38(19-35-39)16-23-5-3-4-6-29(23)46-22(2)43;/h3-12,15,18-19,21,45H,13-14,16-17,20H2,1-2H3;1H/t21-,31-;/m1./s1. The Morgan fingerprint density at radius 3 is 2.51 bits per heavy atom. The molecule has 2 aliphatic heterocycles. The number of urea groups is 1. The molecule has 6 rings (SSSR count). The summed E-state index contributed by atoms with van der Waals surface area (Å²) in [6.45, 7) is 3.88. The zero-order valence-electron chi connectivity index (χ0n) is 25.5. The number of β-amino-alcohol motifs (C(OH)–C–C–N with tert-alkyl or cyclic N) is 1. The number of carbonyl (C=O) groups excluding carboxylic acids is 2. The Hall–Kier alpha value is -4.96. The van der Waals surface area contributed by atoms with Gasteiger partial charge in [-0.05, 0) is 53.7 Å². The number of tetrazole rings is 1. The Labute approximate surface area is 279 Å². The van der Waals surface area contributed by atoms with Gasteiger partial charge in [0.15, 0.2) is 0 Å². The van der Waals surface area contributed by atoms with Gasteiger partial charge in [0.1, 0.15) is 42.3 Å². The lowest BCUT2D eigenvalue weighted by Crippen LogP contribution is -2.55. The lowest BCUT2D eigenvalue weighted by Gasteiger charge is -2.41. The summed E-state index contributed by atoms with van der Waals surface area (Å²) in [5, 5.41) is 29.4. The van der Waals surface area contributed by atoms with Crippen molar-refractivity contribution in [3.05, 3.63) is 95.8 Å². The van der Waals surface area contributed by atoms with Gasteiger partial charge in [-0.15, -0.1) is 22.1 Å². The number of anilines is 1. The highest BCUT2D eigenvalue weighted by molar-refractivity contribution is 8.93. The first-order valence-electron chi connectivity index (χ1n) is 14.5. The van der Waals surface area contributed by atoms with E-state index in [0.717, 1.165) is 11.6 Å². The minimum absolute atomic E-state index is 0. The summed E-state index contributed by atoms with van der Waals surface area (Å²) in [7, 11) is 0. The average molecular weight is 713 g/mol. The van der Waals surface area contributed by atoms with Crippen LogP contribution in [0.3, 0.4) is 0 Å². The number of para-hydroxylation sites is 1. The van der Waals surface area contributed by atoms with Crippen molar-refractivity contribution < 1.29 is 28.2 Å². The van der Waals surface area contributed by atoms with Gasteiger partial charge in [-0.2, -0.15) is 5.10 Å². The van der Waals surface area contributed by atoms with Gasteiger partial charge in [0, 0.05) is 49.4 Å². The van der Waals surface area contributed by atoms with E-state index >= 15 is 4.39 Å². The van der Waals surface area contributed by atoms with Crippen LogP contribution in [0.2, 0.25) is 0 Å². The molecule has 0 spiro atoms. The van der Waals surface area contributed by atoms with Gasteiger partial charge in [-0.1, -0.05) is 24.3 Å². The van der Waals surface area contributed by atoms with Crippen LogP contribution in [0.25, 0.3) is 5.69 Å². The minimum Gasteiger partial charge on any atom is -0.426 e. The van der Waals surface area contributed by atoms with Crippen molar-refractivity contribution in [2.45, 2.75) is 32.0 Å². The van der Waals surface area contributed by atoms with Crippen LogP contribution in [0.1, 0.15) is 25.0 Å². The molecule has 0 saturated carbocycles. The number of aromatic nitrogens is 4. The topological polar surface area (TPSA) is 133 Å². The first kappa shape index (κ1) is 33.4. The third kappa shape index (κ3) is 6.92. The van der Waals surface area contributed by atoms with Crippen LogP contribution in [0.4, 0.5) is 19.3 Å². The van der Waals surface area contributed by atoms with Crippen molar-refractivity contribution in [3.8, 4) is 11.4 Å². The monoisotopic (exact) mass is 711 g/mol. The van der Waals surface area contributed by atoms with Crippen LogP contribution in [-0.4, -0.2) is 90.8 Å². The predicted molar refractivity (Wildman–Crippen MR) is 172 cm³/mol. The molecular formula is C31H32BrF2N9O4. The average Bonchev–Trinajstić information content (AvgIpc) is 3.80. The number of hydrogen-bond acceptors (Lipinski definition) is 10. The number of aliphatic hydroxyl groups is 1. The Morgan fingerprint density at radius 2 is 1.81 bits per heavy atom. The van der Waals surface area contributed by atoms with E-state index in [2.05, 4.69) is 20.6 Å². The second-order valence-electron chi connectivity index (χ2n) is 11.1. The third-order valence-electron chi connectivity index (χ3n) is 8.12. The van der Waals surface area contributed by atoms with Crippen LogP contribution in [0.5, 0.6) is 5.75 Å². The summed E-state index contributed by atoms with van der Waals surface area (Å²) < 4.78 is 36.1. The highest BCUT2D eigenvalue weighted by Gasteiger charge is 2.47. The second kappa shape index (κ2) is 13.8. The SMILES string of the molecule is Br.CC(=O)Oc1ccccc1CN1C=NN(C[C@](O)(c2ccc(F)cc2F)[C@@H](C)N2CCN(c3ccc(-n4cnnn4)cc3)C2=O)C1. The van der Waals surface area contributed by atoms with E-state index in [1.165, 1.54) is 28.9 Å². The van der Waals surface area contributed by atoms with Gasteiger partial charge >= 0.3 is 12.0 Å². The number of esters is 1. The number of ether oxygens (including phenoxy) is 1. The van der Waals surface area contributed by atoms with E-state index in [-0.39, 0.29) is 48.3 Å². The first-order chi connectivity index (χ1) is 22.1. The summed E-state index contributed by atoms with van der Waals surface area (Å²) in [6.07, 6.45) is 3.03. The Bertz CT molecular complexity index is 1760. The normalized spacial score (nSPS) is 16.3. The molecule has 2 amide bonds. The summed E-state index contributed by atoms with van der Waals surface area (Å²) in [5.74, 6) is -1.75. The zero-order valence-corrected chi connectivity index (χ0v) is 27.2. The Kier molecular flexibility index (Phi) is 9.81. The summed E-state index contributed by atoms with van der Waals surface area (Å²) in [6, 6.07) is 15.8. The van der Waals surface area contributed by atoms with Gasteiger partial charge in [-0.3, -0.25) is 14.7 Å². The van der Waals surface area contributed by atoms with Crippen molar-refractivity contribution in [1.82, 2.24) is 35.0 Å². The number of nitrogens with zero attached hydrogens (tertiary/aromatic N) is 9. The van der Waals surface area contributed by atoms with Gasteiger partial charge in [0.2, 0.25) is 0 Å². The minimum atomic E-state index is -1.99. The number of rotatable bonds is 10. The first-order valence-corrected chi connectivity index (χ1v) is 14.5. The fourth-order valence-corrected chi connectivity index (χ4v) is 5.75. The van der Waals surface area contributed by atoms with E-state index in [1.54, 1.807) is 59.6 Å². The van der Waals surface area contributed by atoms with E-state index in [4.69, 9.17) is 4.74 Å². The van der Waals surface area contributed by atoms with Gasteiger partial charge in [0.25, 0.3) is 0 Å². The van der Waals surface area contributed by atoms with E-state index in [1.807, 2.05) is 17.0 Å². The molecule has 0 bridgehead atoms. The summed E-state index contributed by atoms with van der Waals surface area (Å²) in [5.41, 5.74) is -0.0694. The largest absolute Gasteiger partial charge is 0.426 e. The molecule has 0 aliphatic carbocycles. The van der Waals surface area contributed by atoms with E-state index in [9.17, 15) is 19.1 Å². The molecule has 4 aromatic rings. The highest BCUT2D eigenvalue weighted by atomic mass is 79.9. The molecule has 13 nitrogen and oxygen atoms in total. The quantitative estimate of drug-likeness (QED) is 0.193. The second-order valence-corrected chi connectivity index (χ2v) is 11.1. The molecule has 1 N–H and O–H groups in total. The maximum Gasteiger partial charge on any atom is 0.324 e. The van der Waals surface area contributed by atoms with Gasteiger partial charge in [0.05, 0.1) is 18.3 Å². The molecule has 47 heavy (non-hydrogen) atoms. The summed E-state index contributed by atoms with van der Waals surface area (Å²) in [4.78, 5) is 30.2. The molecule has 16 heteroatoms. The summed E-state index contributed by atoms with van der Waals surface area (Å²) >= 11 is 0. The number of hydrazone groups is 1. The molecule has 3 aromatic carbocycles. The molecule has 2 aliphatic rings. The number of hydrogen-bond donors (Lipinski definition) is 1. The maximum absolute atomic E-state index is 15.3. The maximum atomic E-state index is 15.3. The lowest BCUT2D eigenvalue weighted by atomic mass is 9.85. The Morgan fingerprint density at radius 1 is 1.06 bits per heavy atom. The molecular weight excluding hydrogens is 680 g/mol. The van der Waals surface area contributed by atoms with Crippen LogP contribution >= 0.6 is 17.0 Å². The van der Waals surface area contributed by atoms with E-state index in [0.29, 0.717) is 36.3 Å². The molecule has 0 unspecified atom stereocenters. The van der Waals surface area contributed by atoms with Crippen LogP contribution in [0, 0.1) is 11.6 Å². The predicted octanol–water partition coefficient (Wildman–Crippen LogP) is 3.68. The van der Waals surface area contributed by atoms with Gasteiger partial charge < -0.3 is 19.6 Å². The zero-order chi connectivity index (χ0) is 32.4. The smallest absolute Gasteiger partial charge is 0.324 e. The van der Waals surface area contributed by atoms with Crippen LogP contribution in [-0.2, 0) is 16.9 Å². The fraction of sp³-hybridized carbons (Fsp3) is 0.290. The highest BCUT2D eigenvalue weighted by Crippen LogP contribution is 2.35. The Balaban J connectivity index is 0.00000433. The fourth-order valence-electron chi connectivity index (χ4n) is 5.75. The molecule has 246 valence electrons. The van der Waals surface area contributed by atoms with Crippen LogP contribution < -0.4 is 9.64 Å². The molecule has 2 atom stereocenters. The van der Waals surface area contributed by atoms with Crippen molar-refractivity contribution in [3.63, 3.8) is 0 Å². The molecule has 3 heterocycles. The van der Waals surface area contributed by atoms with Crippen molar-refractivity contribution in [2.24, 2.45) is 5.10 Å². The van der Waals surface area contributed by atoms with E-state index < -0.39 is 29.2 Å². The number of benzene rings is 3. The van der Waals surface area contributed by atoms with Gasteiger partial charge in [-0.25, -0.2) is 18.3 Å². The third-order valence-corrected chi connectivity index (χ3v) is 8.12. The number of amides is 2. The van der Waals surface area contributed by atoms with Crippen molar-refractivity contribution >= 4 is 41.0 Å². The van der Waals surface area contributed by atoms with Crippen molar-refractivity contribution in [2.75, 3.05) is 31.2 Å². The number of carbonyl (C=O) groups is 2. The lowest BCUT2D eigenvalue weighted by molar-refractivity contribution is -0.131. The molecule has 1 aromatic heterocycles. The molecule has 0 radical (unpaired) electrons. The molecule has 1 saturated heterocycles. The number of halogens is 3. The van der Waals surface area contributed by atoms with Crippen molar-refractivity contribution in [1.29, 1.82) is 0 Å². The van der Waals surface area contributed by atoms with Crippen LogP contribution in [0.15, 0.2) is 78.2 Å².